The predicted molar refractivity (Wildman–Crippen MR) is 111 cm³/mol. The van der Waals surface area contributed by atoms with E-state index in [0.717, 1.165) is 0 Å². The number of aromatic nitrogens is 2. The molecule has 0 spiro atoms. The molecule has 0 saturated heterocycles. The molecule has 168 valence electrons. The normalized spacial score (nSPS) is 11.1. The molecule has 0 amide bonds. The molecular formula is C21H21F3N5O3+. The lowest BCUT2D eigenvalue weighted by Gasteiger charge is -2.15. The summed E-state index contributed by atoms with van der Waals surface area (Å²) < 4.78 is 45.1. The van der Waals surface area contributed by atoms with Gasteiger partial charge in [0.05, 0.1) is 6.61 Å². The van der Waals surface area contributed by atoms with Crippen LogP contribution in [0.5, 0.6) is 5.75 Å². The summed E-state index contributed by atoms with van der Waals surface area (Å²) >= 11 is 0. The molecule has 0 radical (unpaired) electrons. The van der Waals surface area contributed by atoms with Crippen LogP contribution in [0.15, 0.2) is 54.7 Å². The molecule has 1 heterocycles. The Morgan fingerprint density at radius 1 is 1.12 bits per heavy atom. The van der Waals surface area contributed by atoms with Crippen LogP contribution in [0.25, 0.3) is 0 Å². The first kappa shape index (κ1) is 22.8. The number of alkyl halides is 3. The van der Waals surface area contributed by atoms with Gasteiger partial charge in [0.2, 0.25) is 5.95 Å². The van der Waals surface area contributed by atoms with Crippen molar-refractivity contribution in [3.05, 3.63) is 60.3 Å². The molecule has 11 heteroatoms. The van der Waals surface area contributed by atoms with Crippen molar-refractivity contribution in [2.75, 3.05) is 23.8 Å². The van der Waals surface area contributed by atoms with E-state index in [1.165, 1.54) is 24.3 Å². The van der Waals surface area contributed by atoms with E-state index in [-0.39, 0.29) is 29.9 Å². The standard InChI is InChI=1S/C21H20F3N5O3/c1-2-32-18(31)12-25-13-5-3-6-14(9-13)28-20-26-11-17(21(22,23)24)19(29-20)27-15-7-4-8-16(30)10-15/h3-11,25,30H,2,12H2,1H3,(H2,26,27,28,29)/p+1. The van der Waals surface area contributed by atoms with E-state index in [4.69, 9.17) is 4.74 Å². The molecule has 0 atom stereocenters. The molecule has 0 fully saturated rings. The largest absolute Gasteiger partial charge is 0.508 e. The van der Waals surface area contributed by atoms with Gasteiger partial charge < -0.3 is 25.8 Å². The number of rotatable bonds is 8. The van der Waals surface area contributed by atoms with Crippen molar-refractivity contribution in [1.82, 2.24) is 9.97 Å². The maximum Gasteiger partial charge on any atom is 0.421 e. The zero-order valence-corrected chi connectivity index (χ0v) is 17.0. The number of halogens is 3. The highest BCUT2D eigenvalue weighted by Gasteiger charge is 2.35. The summed E-state index contributed by atoms with van der Waals surface area (Å²) in [6.45, 7) is 2.10. The van der Waals surface area contributed by atoms with Gasteiger partial charge >= 0.3 is 12.1 Å². The van der Waals surface area contributed by atoms with Crippen LogP contribution in [0, 0.1) is 0 Å². The van der Waals surface area contributed by atoms with Crippen molar-refractivity contribution in [3.63, 3.8) is 0 Å². The van der Waals surface area contributed by atoms with Crippen LogP contribution in [-0.4, -0.2) is 34.2 Å². The second-order valence-electron chi connectivity index (χ2n) is 6.59. The molecule has 0 aliphatic rings. The second-order valence-corrected chi connectivity index (χ2v) is 6.59. The third-order valence-corrected chi connectivity index (χ3v) is 4.16. The molecule has 5 N–H and O–H groups in total. The molecule has 1 aromatic heterocycles. The van der Waals surface area contributed by atoms with Crippen molar-refractivity contribution in [3.8, 4) is 5.75 Å². The number of nitrogens with two attached hydrogens (primary N) is 1. The maximum absolute atomic E-state index is 13.4. The van der Waals surface area contributed by atoms with Gasteiger partial charge in [0.15, 0.2) is 6.54 Å². The van der Waals surface area contributed by atoms with E-state index in [1.54, 1.807) is 36.5 Å². The van der Waals surface area contributed by atoms with E-state index < -0.39 is 17.6 Å². The number of quaternary nitrogens is 1. The average Bonchev–Trinajstić information content (AvgIpc) is 2.72. The zero-order valence-electron chi connectivity index (χ0n) is 17.0. The Labute approximate surface area is 181 Å². The number of hydrogen-bond acceptors (Lipinski definition) is 7. The Morgan fingerprint density at radius 2 is 1.84 bits per heavy atom. The molecule has 3 aromatic rings. The molecule has 0 aliphatic heterocycles. The lowest BCUT2D eigenvalue weighted by atomic mass is 10.2. The Kier molecular flexibility index (Phi) is 7.11. The molecule has 0 aliphatic carbocycles. The minimum absolute atomic E-state index is 0.0665. The number of ether oxygens (including phenoxy) is 1. The van der Waals surface area contributed by atoms with Crippen LogP contribution in [0.1, 0.15) is 12.5 Å². The van der Waals surface area contributed by atoms with Gasteiger partial charge in [0.25, 0.3) is 0 Å². The van der Waals surface area contributed by atoms with Crippen LogP contribution in [-0.2, 0) is 15.7 Å². The summed E-state index contributed by atoms with van der Waals surface area (Å²) in [5, 5.41) is 16.7. The fraction of sp³-hybridized carbons (Fsp3) is 0.190. The minimum Gasteiger partial charge on any atom is -0.508 e. The lowest BCUT2D eigenvalue weighted by molar-refractivity contribution is -0.561. The number of hydrogen-bond donors (Lipinski definition) is 4. The topological polar surface area (TPSA) is 113 Å². The van der Waals surface area contributed by atoms with Crippen LogP contribution in [0.3, 0.4) is 0 Å². The van der Waals surface area contributed by atoms with Crippen LogP contribution in [0.4, 0.5) is 42.0 Å². The van der Waals surface area contributed by atoms with Gasteiger partial charge in [0.1, 0.15) is 22.8 Å². The number of anilines is 4. The molecular weight excluding hydrogens is 427 g/mol. The number of benzene rings is 2. The SMILES string of the molecule is CCOC(=O)C[NH2+]c1cccc(Nc2ncc(C(F)(F)F)c(Nc3cccc(O)c3)n2)c1. The number of carbonyl (C=O) groups excluding carboxylic acids is 1. The average molecular weight is 448 g/mol. The maximum atomic E-state index is 13.4. The Balaban J connectivity index is 1.81. The van der Waals surface area contributed by atoms with Gasteiger partial charge in [-0.15, -0.1) is 0 Å². The first-order chi connectivity index (χ1) is 15.2. The highest BCUT2D eigenvalue weighted by Crippen LogP contribution is 2.35. The lowest BCUT2D eigenvalue weighted by Crippen LogP contribution is -2.80. The van der Waals surface area contributed by atoms with Crippen molar-refractivity contribution >= 4 is 34.8 Å². The van der Waals surface area contributed by atoms with E-state index >= 15 is 0 Å². The molecule has 0 bridgehead atoms. The zero-order chi connectivity index (χ0) is 23.1. The van der Waals surface area contributed by atoms with Gasteiger partial charge in [-0.2, -0.15) is 18.2 Å². The van der Waals surface area contributed by atoms with Crippen molar-refractivity contribution in [2.24, 2.45) is 0 Å². The summed E-state index contributed by atoms with van der Waals surface area (Å²) in [5.74, 6) is -1.000. The highest BCUT2D eigenvalue weighted by molar-refractivity contribution is 5.70. The number of esters is 1. The Bertz CT molecular complexity index is 1090. The Hall–Kier alpha value is -3.86. The smallest absolute Gasteiger partial charge is 0.421 e. The second kappa shape index (κ2) is 9.96. The quantitative estimate of drug-likeness (QED) is 0.308. The minimum atomic E-state index is -4.68. The van der Waals surface area contributed by atoms with Gasteiger partial charge in [-0.3, -0.25) is 0 Å². The van der Waals surface area contributed by atoms with Crippen LogP contribution < -0.4 is 16.0 Å². The van der Waals surface area contributed by atoms with Crippen molar-refractivity contribution in [1.29, 1.82) is 0 Å². The molecule has 8 nitrogen and oxygen atoms in total. The number of aromatic hydroxyl groups is 1. The monoisotopic (exact) mass is 448 g/mol. The summed E-state index contributed by atoms with van der Waals surface area (Å²) in [7, 11) is 0. The third-order valence-electron chi connectivity index (χ3n) is 4.16. The predicted octanol–water partition coefficient (Wildman–Crippen LogP) is 3.45. The first-order valence-electron chi connectivity index (χ1n) is 9.61. The molecule has 0 unspecified atom stereocenters. The van der Waals surface area contributed by atoms with E-state index in [9.17, 15) is 23.1 Å². The van der Waals surface area contributed by atoms with E-state index in [0.29, 0.717) is 24.2 Å². The number of carbonyl (C=O) groups is 1. The number of phenols is 1. The summed E-state index contributed by atoms with van der Waals surface area (Å²) in [6.07, 6.45) is -4.00. The van der Waals surface area contributed by atoms with E-state index in [1.807, 2.05) is 0 Å². The first-order valence-corrected chi connectivity index (χ1v) is 9.61. The van der Waals surface area contributed by atoms with Crippen LogP contribution in [0.2, 0.25) is 0 Å². The highest BCUT2D eigenvalue weighted by atomic mass is 19.4. The summed E-state index contributed by atoms with van der Waals surface area (Å²) in [4.78, 5) is 19.3. The van der Waals surface area contributed by atoms with E-state index in [2.05, 4.69) is 20.6 Å². The number of nitrogens with zero attached hydrogens (tertiary/aromatic N) is 2. The van der Waals surface area contributed by atoms with Crippen LogP contribution >= 0.6 is 0 Å². The third kappa shape index (κ3) is 6.32. The molecule has 3 rings (SSSR count). The van der Waals surface area contributed by atoms with Crippen molar-refractivity contribution < 1.29 is 33.1 Å². The Morgan fingerprint density at radius 3 is 2.53 bits per heavy atom. The summed E-state index contributed by atoms with van der Waals surface area (Å²) in [5.41, 5.74) is 0.414. The fourth-order valence-corrected chi connectivity index (χ4v) is 2.76. The molecule has 2 aromatic carbocycles. The number of phenolic OH excluding ortho intramolecular Hbond substituents is 1. The number of nitrogens with one attached hydrogen (secondary N) is 2. The fourth-order valence-electron chi connectivity index (χ4n) is 2.76. The molecule has 32 heavy (non-hydrogen) atoms. The summed E-state index contributed by atoms with van der Waals surface area (Å²) in [6, 6.07) is 12.5. The van der Waals surface area contributed by atoms with Gasteiger partial charge in [0, 0.05) is 29.7 Å². The van der Waals surface area contributed by atoms with Gasteiger partial charge in [-0.1, -0.05) is 12.1 Å². The van der Waals surface area contributed by atoms with Gasteiger partial charge in [-0.05, 0) is 31.2 Å². The molecule has 0 saturated carbocycles. The van der Waals surface area contributed by atoms with Gasteiger partial charge in [-0.25, -0.2) is 9.78 Å². The van der Waals surface area contributed by atoms with Crippen molar-refractivity contribution in [2.45, 2.75) is 13.1 Å².